The number of rotatable bonds is 6. The second-order valence-electron chi connectivity index (χ2n) is 8.57. The minimum atomic E-state index is 0.0532. The molecule has 0 bridgehead atoms. The van der Waals surface area contributed by atoms with Gasteiger partial charge in [-0.25, -0.2) is 4.98 Å². The standard InChI is InChI=1S/C23H27N7O3/c1-13-11-30(12-19(25-13)14-4-5-14)22-24-10-18(28-29-22)16-7-6-15(8-20(16)31)17-9-21(32-2)27-23(26-17)33-3/h6-10,13-14,19,25,31H,4-5,11-12H2,1-3H3/t13-,19-/m1/s1. The zero-order chi connectivity index (χ0) is 22.9. The molecule has 1 aromatic carbocycles. The Labute approximate surface area is 192 Å². The molecule has 0 amide bonds. The number of aromatic hydroxyl groups is 1. The highest BCUT2D eigenvalue weighted by molar-refractivity contribution is 5.73. The number of phenolic OH excluding ortho intramolecular Hbond substituents is 1. The summed E-state index contributed by atoms with van der Waals surface area (Å²) in [6.07, 6.45) is 4.24. The Morgan fingerprint density at radius 2 is 1.88 bits per heavy atom. The molecule has 2 atom stereocenters. The van der Waals surface area contributed by atoms with Gasteiger partial charge in [0.1, 0.15) is 11.4 Å². The number of phenols is 1. The van der Waals surface area contributed by atoms with Crippen LogP contribution in [0, 0.1) is 5.92 Å². The first-order chi connectivity index (χ1) is 16.0. The molecule has 5 rings (SSSR count). The van der Waals surface area contributed by atoms with Crippen LogP contribution < -0.4 is 19.7 Å². The molecule has 10 nitrogen and oxygen atoms in total. The number of hydrogen-bond acceptors (Lipinski definition) is 10. The van der Waals surface area contributed by atoms with Gasteiger partial charge in [0.25, 0.3) is 0 Å². The molecule has 1 saturated carbocycles. The Morgan fingerprint density at radius 3 is 2.55 bits per heavy atom. The number of nitrogens with one attached hydrogen (secondary N) is 1. The smallest absolute Gasteiger partial charge is 0.320 e. The van der Waals surface area contributed by atoms with Crippen LogP contribution in [0.2, 0.25) is 0 Å². The van der Waals surface area contributed by atoms with Crippen molar-refractivity contribution in [1.82, 2.24) is 30.5 Å². The van der Waals surface area contributed by atoms with Crippen LogP contribution in [0.1, 0.15) is 19.8 Å². The van der Waals surface area contributed by atoms with E-state index in [1.165, 1.54) is 27.1 Å². The fourth-order valence-corrected chi connectivity index (χ4v) is 4.25. The van der Waals surface area contributed by atoms with Gasteiger partial charge in [0.2, 0.25) is 11.8 Å². The van der Waals surface area contributed by atoms with Gasteiger partial charge < -0.3 is 24.8 Å². The van der Waals surface area contributed by atoms with Crippen LogP contribution in [0.25, 0.3) is 22.5 Å². The summed E-state index contributed by atoms with van der Waals surface area (Å²) in [4.78, 5) is 15.2. The van der Waals surface area contributed by atoms with Crippen LogP contribution in [0.5, 0.6) is 17.6 Å². The Bertz CT molecular complexity index is 1120. The Morgan fingerprint density at radius 1 is 1.03 bits per heavy atom. The maximum Gasteiger partial charge on any atom is 0.320 e. The Kier molecular flexibility index (Phi) is 5.67. The van der Waals surface area contributed by atoms with E-state index in [-0.39, 0.29) is 11.8 Å². The summed E-state index contributed by atoms with van der Waals surface area (Å²) in [5, 5.41) is 23.1. The first kappa shape index (κ1) is 21.3. The van der Waals surface area contributed by atoms with Gasteiger partial charge in [-0.15, -0.1) is 10.2 Å². The van der Waals surface area contributed by atoms with E-state index in [0.717, 1.165) is 19.0 Å². The monoisotopic (exact) mass is 449 g/mol. The molecule has 2 N–H and O–H groups in total. The number of ether oxygens (including phenoxy) is 2. The van der Waals surface area contributed by atoms with Gasteiger partial charge in [-0.3, -0.25) is 0 Å². The molecule has 0 radical (unpaired) electrons. The van der Waals surface area contributed by atoms with Gasteiger partial charge in [-0.1, -0.05) is 6.07 Å². The van der Waals surface area contributed by atoms with Gasteiger partial charge in [0.05, 0.1) is 26.1 Å². The van der Waals surface area contributed by atoms with E-state index >= 15 is 0 Å². The predicted octanol–water partition coefficient (Wildman–Crippen LogP) is 2.30. The number of hydrogen-bond donors (Lipinski definition) is 2. The largest absolute Gasteiger partial charge is 0.507 e. The highest BCUT2D eigenvalue weighted by atomic mass is 16.5. The van der Waals surface area contributed by atoms with Gasteiger partial charge in [0, 0.05) is 42.4 Å². The SMILES string of the molecule is COc1cc(-c2ccc(-c3cnc(N4C[C@@H](C)N[C@@H](C5CC5)C4)nn3)c(O)c2)nc(OC)n1. The number of nitrogens with zero attached hydrogens (tertiary/aromatic N) is 6. The van der Waals surface area contributed by atoms with Crippen LogP contribution >= 0.6 is 0 Å². The summed E-state index contributed by atoms with van der Waals surface area (Å²) in [5.74, 6) is 1.80. The molecule has 2 fully saturated rings. The molecular formula is C23H27N7O3. The number of piperazine rings is 1. The third-order valence-corrected chi connectivity index (χ3v) is 6.08. The summed E-state index contributed by atoms with van der Waals surface area (Å²) in [6, 6.07) is 7.94. The van der Waals surface area contributed by atoms with Crippen LogP contribution in [0.4, 0.5) is 5.95 Å². The van der Waals surface area contributed by atoms with E-state index in [1.54, 1.807) is 24.4 Å². The average molecular weight is 450 g/mol. The summed E-state index contributed by atoms with van der Waals surface area (Å²) < 4.78 is 10.3. The first-order valence-electron chi connectivity index (χ1n) is 11.1. The van der Waals surface area contributed by atoms with Crippen molar-refractivity contribution in [3.8, 4) is 40.2 Å². The molecular weight excluding hydrogens is 422 g/mol. The third kappa shape index (κ3) is 4.51. The van der Waals surface area contributed by atoms with Gasteiger partial charge in [0.15, 0.2) is 0 Å². The summed E-state index contributed by atoms with van der Waals surface area (Å²) in [5.41, 5.74) is 2.30. The molecule has 0 spiro atoms. The molecule has 2 aromatic heterocycles. The third-order valence-electron chi connectivity index (χ3n) is 6.08. The van der Waals surface area contributed by atoms with Crippen molar-refractivity contribution in [3.63, 3.8) is 0 Å². The number of benzene rings is 1. The zero-order valence-electron chi connectivity index (χ0n) is 18.9. The molecule has 33 heavy (non-hydrogen) atoms. The lowest BCUT2D eigenvalue weighted by molar-refractivity contribution is 0.352. The molecule has 2 aliphatic rings. The lowest BCUT2D eigenvalue weighted by Gasteiger charge is -2.37. The van der Waals surface area contributed by atoms with Gasteiger partial charge >= 0.3 is 6.01 Å². The van der Waals surface area contributed by atoms with Gasteiger partial charge in [-0.05, 0) is 37.8 Å². The zero-order valence-corrected chi connectivity index (χ0v) is 18.9. The van der Waals surface area contributed by atoms with E-state index in [1.807, 2.05) is 6.07 Å². The van der Waals surface area contributed by atoms with Crippen molar-refractivity contribution >= 4 is 5.95 Å². The van der Waals surface area contributed by atoms with Crippen molar-refractivity contribution in [2.75, 3.05) is 32.2 Å². The lowest BCUT2D eigenvalue weighted by Crippen LogP contribution is -2.56. The van der Waals surface area contributed by atoms with E-state index < -0.39 is 0 Å². The highest BCUT2D eigenvalue weighted by Crippen LogP contribution is 2.35. The van der Waals surface area contributed by atoms with Crippen LogP contribution in [-0.4, -0.2) is 69.6 Å². The summed E-state index contributed by atoms with van der Waals surface area (Å²) >= 11 is 0. The highest BCUT2D eigenvalue weighted by Gasteiger charge is 2.36. The maximum absolute atomic E-state index is 10.7. The van der Waals surface area contributed by atoms with E-state index in [2.05, 4.69) is 42.3 Å². The molecule has 1 aliphatic heterocycles. The van der Waals surface area contributed by atoms with Crippen molar-refractivity contribution in [2.24, 2.45) is 5.92 Å². The molecule has 3 aromatic rings. The van der Waals surface area contributed by atoms with Crippen LogP contribution in [0.15, 0.2) is 30.5 Å². The second kappa shape index (κ2) is 8.78. The minimum Gasteiger partial charge on any atom is -0.507 e. The van der Waals surface area contributed by atoms with Crippen molar-refractivity contribution in [1.29, 1.82) is 0 Å². The normalized spacial score (nSPS) is 20.5. The number of methoxy groups -OCH3 is 2. The van der Waals surface area contributed by atoms with Crippen molar-refractivity contribution in [3.05, 3.63) is 30.5 Å². The molecule has 1 aliphatic carbocycles. The second-order valence-corrected chi connectivity index (χ2v) is 8.57. The van der Waals surface area contributed by atoms with Crippen LogP contribution in [0.3, 0.4) is 0 Å². The predicted molar refractivity (Wildman–Crippen MR) is 122 cm³/mol. The van der Waals surface area contributed by atoms with Crippen molar-refractivity contribution in [2.45, 2.75) is 31.8 Å². The van der Waals surface area contributed by atoms with E-state index in [9.17, 15) is 5.11 Å². The van der Waals surface area contributed by atoms with E-state index in [0.29, 0.717) is 46.4 Å². The first-order valence-corrected chi connectivity index (χ1v) is 11.1. The average Bonchev–Trinajstić information content (AvgIpc) is 3.69. The fourth-order valence-electron chi connectivity index (χ4n) is 4.25. The van der Waals surface area contributed by atoms with Crippen molar-refractivity contribution < 1.29 is 14.6 Å². The quantitative estimate of drug-likeness (QED) is 0.580. The Balaban J connectivity index is 1.37. The minimum absolute atomic E-state index is 0.0532. The fraction of sp³-hybridized carbons (Fsp3) is 0.435. The van der Waals surface area contributed by atoms with E-state index in [4.69, 9.17) is 9.47 Å². The molecule has 0 unspecified atom stereocenters. The number of anilines is 1. The molecule has 172 valence electrons. The topological polar surface area (TPSA) is 118 Å². The van der Waals surface area contributed by atoms with Crippen LogP contribution in [-0.2, 0) is 0 Å². The Hall–Kier alpha value is -3.53. The molecule has 3 heterocycles. The summed E-state index contributed by atoms with van der Waals surface area (Å²) in [7, 11) is 3.01. The lowest BCUT2D eigenvalue weighted by atomic mass is 10.1. The maximum atomic E-state index is 10.7. The molecule has 10 heteroatoms. The molecule has 1 saturated heterocycles. The van der Waals surface area contributed by atoms with Gasteiger partial charge in [-0.2, -0.15) is 9.97 Å². The summed E-state index contributed by atoms with van der Waals surface area (Å²) in [6.45, 7) is 3.92. The number of aromatic nitrogens is 5.